The molecule has 6 nitrogen and oxygen atoms in total. The summed E-state index contributed by atoms with van der Waals surface area (Å²) in [6, 6.07) is 0.421. The summed E-state index contributed by atoms with van der Waals surface area (Å²) in [7, 11) is -3.47. The number of rotatable bonds is 4. The molecule has 0 spiro atoms. The molecule has 1 aromatic heterocycles. The largest absolute Gasteiger partial charge is 0.332 e. The van der Waals surface area contributed by atoms with Crippen molar-refractivity contribution in [1.82, 2.24) is 19.6 Å². The molecule has 19 heavy (non-hydrogen) atoms. The van der Waals surface area contributed by atoms with Crippen LogP contribution in [-0.4, -0.2) is 48.5 Å². The van der Waals surface area contributed by atoms with Crippen LogP contribution in [-0.2, 0) is 16.4 Å². The Morgan fingerprint density at radius 3 is 3.05 bits per heavy atom. The van der Waals surface area contributed by atoms with Crippen LogP contribution in [0.25, 0.3) is 0 Å². The Hall–Kier alpha value is -0.920. The maximum Gasteiger partial charge on any atom is 0.257 e. The fourth-order valence-corrected chi connectivity index (χ4v) is 4.39. The lowest BCUT2D eigenvalue weighted by Crippen LogP contribution is -2.42. The van der Waals surface area contributed by atoms with E-state index in [1.165, 1.54) is 12.6 Å². The van der Waals surface area contributed by atoms with Gasteiger partial charge in [0.05, 0.1) is 6.20 Å². The number of nitrogens with zero attached hydrogens (tertiary/aromatic N) is 2. The van der Waals surface area contributed by atoms with E-state index in [-0.39, 0.29) is 11.1 Å². The summed E-state index contributed by atoms with van der Waals surface area (Å²) >= 11 is 0. The van der Waals surface area contributed by atoms with Gasteiger partial charge in [-0.3, -0.25) is 4.90 Å². The Bertz CT molecular complexity index is 554. The molecule has 2 atom stereocenters. The summed E-state index contributed by atoms with van der Waals surface area (Å²) < 4.78 is 27.4. The van der Waals surface area contributed by atoms with Gasteiger partial charge in [-0.2, -0.15) is 0 Å². The molecule has 2 aliphatic rings. The highest BCUT2D eigenvalue weighted by Gasteiger charge is 2.39. The number of aryl methyl sites for hydroxylation is 1. The van der Waals surface area contributed by atoms with E-state index >= 15 is 0 Å². The third kappa shape index (κ3) is 2.42. The highest BCUT2D eigenvalue weighted by Crippen LogP contribution is 2.28. The molecule has 0 aromatic carbocycles. The molecule has 0 saturated carbocycles. The lowest BCUT2D eigenvalue weighted by Gasteiger charge is -2.20. The smallest absolute Gasteiger partial charge is 0.257 e. The van der Waals surface area contributed by atoms with Gasteiger partial charge in [0.1, 0.15) is 5.82 Å². The molecule has 1 aromatic rings. The van der Waals surface area contributed by atoms with E-state index in [0.717, 1.165) is 25.9 Å². The zero-order valence-corrected chi connectivity index (χ0v) is 11.9. The number of hydrogen-bond acceptors (Lipinski definition) is 4. The molecule has 2 saturated heterocycles. The van der Waals surface area contributed by atoms with E-state index in [0.29, 0.717) is 18.3 Å². The number of sulfonamides is 1. The van der Waals surface area contributed by atoms with Crippen molar-refractivity contribution in [1.29, 1.82) is 0 Å². The number of hydrogen-bond donors (Lipinski definition) is 2. The molecule has 2 N–H and O–H groups in total. The minimum absolute atomic E-state index is 0.0425. The quantitative estimate of drug-likeness (QED) is 0.843. The normalized spacial score (nSPS) is 27.8. The average Bonchev–Trinajstić information content (AvgIpc) is 3.05. The lowest BCUT2D eigenvalue weighted by atomic mass is 10.1. The Balaban J connectivity index is 1.74. The summed E-state index contributed by atoms with van der Waals surface area (Å²) in [6.07, 6.45) is 5.28. The molecular formula is C12H20N4O2S. The summed E-state index contributed by atoms with van der Waals surface area (Å²) in [4.78, 5) is 9.30. The molecule has 2 aliphatic heterocycles. The summed E-state index contributed by atoms with van der Waals surface area (Å²) in [6.45, 7) is 4.05. The summed E-state index contributed by atoms with van der Waals surface area (Å²) in [5.74, 6) is 0.703. The number of fused-ring (bicyclic) bond motifs is 1. The molecule has 2 unspecified atom stereocenters. The van der Waals surface area contributed by atoms with Crippen LogP contribution < -0.4 is 4.72 Å². The first kappa shape index (κ1) is 13.1. The van der Waals surface area contributed by atoms with Crippen LogP contribution in [0.15, 0.2) is 11.2 Å². The van der Waals surface area contributed by atoms with Crippen molar-refractivity contribution >= 4 is 10.0 Å². The average molecular weight is 284 g/mol. The maximum atomic E-state index is 12.3. The molecule has 3 rings (SSSR count). The number of aromatic amines is 1. The molecular weight excluding hydrogens is 264 g/mol. The van der Waals surface area contributed by atoms with Crippen molar-refractivity contribution in [2.45, 2.75) is 49.7 Å². The van der Waals surface area contributed by atoms with Crippen molar-refractivity contribution < 1.29 is 8.42 Å². The van der Waals surface area contributed by atoms with Crippen molar-refractivity contribution in [2.75, 3.05) is 13.1 Å². The fraction of sp³-hybridized carbons (Fsp3) is 0.750. The monoisotopic (exact) mass is 284 g/mol. The topological polar surface area (TPSA) is 78.1 Å². The highest BCUT2D eigenvalue weighted by molar-refractivity contribution is 7.89. The van der Waals surface area contributed by atoms with Gasteiger partial charge in [-0.1, -0.05) is 6.92 Å². The van der Waals surface area contributed by atoms with Gasteiger partial charge in [-0.25, -0.2) is 18.1 Å². The predicted molar refractivity (Wildman–Crippen MR) is 71.3 cm³/mol. The predicted octanol–water partition coefficient (Wildman–Crippen LogP) is 0.487. The van der Waals surface area contributed by atoms with E-state index < -0.39 is 10.0 Å². The second kappa shape index (κ2) is 4.88. The van der Waals surface area contributed by atoms with Crippen molar-refractivity contribution in [3.05, 3.63) is 12.0 Å². The second-order valence-electron chi connectivity index (χ2n) is 5.31. The van der Waals surface area contributed by atoms with E-state index in [9.17, 15) is 8.42 Å². The first-order valence-corrected chi connectivity index (χ1v) is 8.39. The molecule has 3 heterocycles. The van der Waals surface area contributed by atoms with Crippen molar-refractivity contribution in [2.24, 2.45) is 0 Å². The zero-order chi connectivity index (χ0) is 13.5. The first-order valence-electron chi connectivity index (χ1n) is 6.90. The van der Waals surface area contributed by atoms with Gasteiger partial charge in [-0.15, -0.1) is 0 Å². The maximum absolute atomic E-state index is 12.3. The standard InChI is InChI=1S/C12H20N4O2S/c1-2-11-13-8-12(14-11)19(17,18)15-9-5-7-16-6-3-4-10(9)16/h8-10,15H,2-7H2,1H3,(H,13,14). The summed E-state index contributed by atoms with van der Waals surface area (Å²) in [5.41, 5.74) is 0. The van der Waals surface area contributed by atoms with E-state index in [1.807, 2.05) is 6.92 Å². The van der Waals surface area contributed by atoms with Gasteiger partial charge in [-0.05, 0) is 25.8 Å². The van der Waals surface area contributed by atoms with E-state index in [1.54, 1.807) is 0 Å². The van der Waals surface area contributed by atoms with Gasteiger partial charge in [0.25, 0.3) is 10.0 Å². The number of H-pyrrole nitrogens is 1. The Morgan fingerprint density at radius 1 is 1.47 bits per heavy atom. The molecule has 0 radical (unpaired) electrons. The highest BCUT2D eigenvalue weighted by atomic mass is 32.2. The third-order valence-corrected chi connectivity index (χ3v) is 5.54. The number of aromatic nitrogens is 2. The molecule has 0 aliphatic carbocycles. The lowest BCUT2D eigenvalue weighted by molar-refractivity contribution is 0.309. The van der Waals surface area contributed by atoms with Crippen LogP contribution in [0, 0.1) is 0 Å². The Morgan fingerprint density at radius 2 is 2.32 bits per heavy atom. The van der Waals surface area contributed by atoms with Gasteiger partial charge >= 0.3 is 0 Å². The molecule has 0 bridgehead atoms. The fourth-order valence-electron chi connectivity index (χ4n) is 3.14. The third-order valence-electron chi connectivity index (χ3n) is 4.14. The zero-order valence-electron chi connectivity index (χ0n) is 11.1. The van der Waals surface area contributed by atoms with Crippen LogP contribution in [0.5, 0.6) is 0 Å². The van der Waals surface area contributed by atoms with Crippen molar-refractivity contribution in [3.8, 4) is 0 Å². The minimum Gasteiger partial charge on any atom is -0.332 e. The molecule has 106 valence electrons. The van der Waals surface area contributed by atoms with Crippen LogP contribution in [0.1, 0.15) is 32.0 Å². The van der Waals surface area contributed by atoms with E-state index in [2.05, 4.69) is 19.6 Å². The van der Waals surface area contributed by atoms with Crippen molar-refractivity contribution in [3.63, 3.8) is 0 Å². The van der Waals surface area contributed by atoms with Gasteiger partial charge in [0.2, 0.25) is 0 Å². The minimum atomic E-state index is -3.47. The Kier molecular flexibility index (Phi) is 3.36. The van der Waals surface area contributed by atoms with Gasteiger partial charge in [0, 0.05) is 25.0 Å². The SMILES string of the molecule is CCc1ncc(S(=O)(=O)NC2CCN3CCCC23)[nH]1. The first-order chi connectivity index (χ1) is 9.10. The van der Waals surface area contributed by atoms with E-state index in [4.69, 9.17) is 0 Å². The summed E-state index contributed by atoms with van der Waals surface area (Å²) in [5, 5.41) is 0.181. The molecule has 0 amide bonds. The van der Waals surface area contributed by atoms with Gasteiger partial charge < -0.3 is 4.98 Å². The molecule has 2 fully saturated rings. The van der Waals surface area contributed by atoms with Crippen LogP contribution in [0.2, 0.25) is 0 Å². The van der Waals surface area contributed by atoms with Crippen LogP contribution in [0.3, 0.4) is 0 Å². The van der Waals surface area contributed by atoms with Gasteiger partial charge in [0.15, 0.2) is 5.03 Å². The van der Waals surface area contributed by atoms with Crippen LogP contribution >= 0.6 is 0 Å². The second-order valence-corrected chi connectivity index (χ2v) is 6.99. The number of nitrogens with one attached hydrogen (secondary N) is 2. The number of imidazole rings is 1. The van der Waals surface area contributed by atoms with Crippen LogP contribution in [0.4, 0.5) is 0 Å². The molecule has 7 heteroatoms. The Labute approximate surface area is 113 Å².